The molecule has 0 saturated carbocycles. The third-order valence-corrected chi connectivity index (χ3v) is 11.1. The number of esters is 2. The molecule has 1 saturated heterocycles. The van der Waals surface area contributed by atoms with Crippen LogP contribution in [0.25, 0.3) is 0 Å². The molecule has 330 valence electrons. The number of allylic oxidation sites excluding steroid dienone is 2. The number of ether oxygens (including phenoxy) is 4. The summed E-state index contributed by atoms with van der Waals surface area (Å²) in [6.45, 7) is 3.73. The molecule has 4 N–H and O–H groups in total. The van der Waals surface area contributed by atoms with Crippen LogP contribution < -0.4 is 0 Å². The van der Waals surface area contributed by atoms with Crippen molar-refractivity contribution in [2.75, 3.05) is 19.0 Å². The summed E-state index contributed by atoms with van der Waals surface area (Å²) in [5.41, 5.74) is 0. The van der Waals surface area contributed by atoms with Crippen LogP contribution >= 0.6 is 0 Å². The maximum atomic E-state index is 12.7. The van der Waals surface area contributed by atoms with E-state index in [0.717, 1.165) is 38.5 Å². The van der Waals surface area contributed by atoms with E-state index in [0.29, 0.717) is 12.8 Å². The summed E-state index contributed by atoms with van der Waals surface area (Å²) in [4.78, 5) is 25.3. The van der Waals surface area contributed by atoms with Crippen LogP contribution in [0.2, 0.25) is 0 Å². The average molecular weight is 821 g/mol. The van der Waals surface area contributed by atoms with Crippen LogP contribution in [0.1, 0.15) is 194 Å². The van der Waals surface area contributed by atoms with E-state index in [1.54, 1.807) is 0 Å². The molecule has 0 aromatic rings. The molecule has 12 nitrogen and oxygen atoms in total. The lowest BCUT2D eigenvalue weighted by Crippen LogP contribution is -2.60. The van der Waals surface area contributed by atoms with Gasteiger partial charge in [0.1, 0.15) is 36.8 Å². The van der Waals surface area contributed by atoms with Gasteiger partial charge in [0.05, 0.1) is 6.61 Å². The molecular formula is C43H80O12S. The van der Waals surface area contributed by atoms with E-state index >= 15 is 0 Å². The van der Waals surface area contributed by atoms with E-state index < -0.39 is 71.2 Å². The molecule has 2 unspecified atom stereocenters. The lowest BCUT2D eigenvalue weighted by molar-refractivity contribution is -0.297. The Morgan fingerprint density at radius 3 is 1.48 bits per heavy atom. The summed E-state index contributed by atoms with van der Waals surface area (Å²) in [7, 11) is -4.59. The highest BCUT2D eigenvalue weighted by atomic mass is 32.2. The van der Waals surface area contributed by atoms with Crippen LogP contribution in [0.15, 0.2) is 12.2 Å². The van der Waals surface area contributed by atoms with Gasteiger partial charge in [0.15, 0.2) is 12.4 Å². The molecule has 6 atom stereocenters. The van der Waals surface area contributed by atoms with Crippen LogP contribution in [0, 0.1) is 0 Å². The van der Waals surface area contributed by atoms with Crippen molar-refractivity contribution in [1.82, 2.24) is 0 Å². The van der Waals surface area contributed by atoms with Gasteiger partial charge in [-0.2, -0.15) is 8.42 Å². The SMILES string of the molecule is CCCCCCCC/C=C/CCCCCCCCCCCC(=O)OC[C@H](CO[C@H]1O[C@H](CS(=O)(=O)O)[C@@H](O)C(O)C1O)OC(=O)CCCCCCCCCCC. The Morgan fingerprint density at radius 2 is 1.02 bits per heavy atom. The number of carbonyl (C=O) groups is 2. The smallest absolute Gasteiger partial charge is 0.306 e. The van der Waals surface area contributed by atoms with Gasteiger partial charge in [-0.05, 0) is 38.5 Å². The van der Waals surface area contributed by atoms with Gasteiger partial charge in [-0.1, -0.05) is 154 Å². The first-order chi connectivity index (χ1) is 27.0. The summed E-state index contributed by atoms with van der Waals surface area (Å²) in [6, 6.07) is 0. The van der Waals surface area contributed by atoms with Crippen molar-refractivity contribution >= 4 is 22.1 Å². The Labute approximate surface area is 339 Å². The topological polar surface area (TPSA) is 186 Å². The quantitative estimate of drug-likeness (QED) is 0.0203. The van der Waals surface area contributed by atoms with Crippen molar-refractivity contribution in [2.24, 2.45) is 0 Å². The molecular weight excluding hydrogens is 741 g/mol. The molecule has 1 aliphatic heterocycles. The normalized spacial score (nSPS) is 20.7. The Hall–Kier alpha value is -1.61. The highest BCUT2D eigenvalue weighted by Crippen LogP contribution is 2.24. The molecule has 1 fully saturated rings. The van der Waals surface area contributed by atoms with Gasteiger partial charge in [0.25, 0.3) is 10.1 Å². The number of rotatable bonds is 37. The van der Waals surface area contributed by atoms with E-state index in [-0.39, 0.29) is 19.4 Å². The Morgan fingerprint density at radius 1 is 0.589 bits per heavy atom. The standard InChI is InChI=1S/C43H80O12S/c1-3-5-7-9-11-13-14-15-16-17-18-19-20-21-22-24-25-27-29-31-38(44)52-33-36(54-39(45)32-30-28-26-23-12-10-8-6-4-2)34-53-43-42(48)41(47)40(46)37(55-43)35-56(49,50)51/h15-16,36-37,40-43,46-48H,3-14,17-35H2,1-2H3,(H,49,50,51)/b16-15+/t36-,37-,40-,41?,42?,43+/m1/s1. The van der Waals surface area contributed by atoms with E-state index in [4.69, 9.17) is 18.9 Å². The number of aliphatic hydroxyl groups is 3. The van der Waals surface area contributed by atoms with Crippen molar-refractivity contribution in [3.05, 3.63) is 12.2 Å². The van der Waals surface area contributed by atoms with Crippen molar-refractivity contribution < 1.29 is 56.8 Å². The zero-order valence-corrected chi connectivity index (χ0v) is 35.8. The second-order valence-electron chi connectivity index (χ2n) is 15.7. The van der Waals surface area contributed by atoms with E-state index in [1.807, 2.05) is 0 Å². The van der Waals surface area contributed by atoms with Gasteiger partial charge in [-0.25, -0.2) is 0 Å². The predicted octanol–water partition coefficient (Wildman–Crippen LogP) is 8.67. The van der Waals surface area contributed by atoms with Gasteiger partial charge in [-0.3, -0.25) is 14.1 Å². The number of unbranched alkanes of at least 4 members (excludes halogenated alkanes) is 23. The van der Waals surface area contributed by atoms with Crippen molar-refractivity contribution in [3.63, 3.8) is 0 Å². The lowest BCUT2D eigenvalue weighted by atomic mass is 10.00. The fourth-order valence-electron chi connectivity index (χ4n) is 6.85. The maximum Gasteiger partial charge on any atom is 0.306 e. The van der Waals surface area contributed by atoms with Crippen LogP contribution in [0.5, 0.6) is 0 Å². The summed E-state index contributed by atoms with van der Waals surface area (Å²) in [5, 5.41) is 30.8. The fourth-order valence-corrected chi connectivity index (χ4v) is 7.54. The molecule has 0 aromatic carbocycles. The number of carbonyl (C=O) groups excluding carboxylic acids is 2. The molecule has 0 aliphatic carbocycles. The van der Waals surface area contributed by atoms with Gasteiger partial charge >= 0.3 is 11.9 Å². The first kappa shape index (κ1) is 52.4. The number of hydrogen-bond acceptors (Lipinski definition) is 11. The van der Waals surface area contributed by atoms with Crippen molar-refractivity contribution in [1.29, 1.82) is 0 Å². The molecule has 1 rings (SSSR count). The monoisotopic (exact) mass is 821 g/mol. The van der Waals surface area contributed by atoms with Crippen LogP contribution in [-0.4, -0.2) is 96.0 Å². The minimum absolute atomic E-state index is 0.168. The van der Waals surface area contributed by atoms with Crippen LogP contribution in [-0.2, 0) is 38.7 Å². The first-order valence-corrected chi connectivity index (χ1v) is 23.9. The lowest BCUT2D eigenvalue weighted by Gasteiger charge is -2.40. The third-order valence-electron chi connectivity index (χ3n) is 10.3. The van der Waals surface area contributed by atoms with Crippen LogP contribution in [0.4, 0.5) is 0 Å². The second kappa shape index (κ2) is 34.3. The molecule has 0 radical (unpaired) electrons. The first-order valence-electron chi connectivity index (χ1n) is 22.2. The Bertz CT molecular complexity index is 1100. The molecule has 13 heteroatoms. The van der Waals surface area contributed by atoms with Gasteiger partial charge in [0.2, 0.25) is 0 Å². The third kappa shape index (κ3) is 28.7. The van der Waals surface area contributed by atoms with Crippen molar-refractivity contribution in [3.8, 4) is 0 Å². The summed E-state index contributed by atoms with van der Waals surface area (Å²) < 4.78 is 53.9. The van der Waals surface area contributed by atoms with Gasteiger partial charge in [-0.15, -0.1) is 0 Å². The van der Waals surface area contributed by atoms with E-state index in [2.05, 4.69) is 26.0 Å². The molecule has 0 amide bonds. The highest BCUT2D eigenvalue weighted by Gasteiger charge is 2.46. The molecule has 0 aromatic heterocycles. The summed E-state index contributed by atoms with van der Waals surface area (Å²) in [5.74, 6) is -1.98. The largest absolute Gasteiger partial charge is 0.462 e. The second-order valence-corrected chi connectivity index (χ2v) is 17.2. The molecule has 0 spiro atoms. The molecule has 1 heterocycles. The summed E-state index contributed by atoms with van der Waals surface area (Å²) >= 11 is 0. The highest BCUT2D eigenvalue weighted by molar-refractivity contribution is 7.85. The summed E-state index contributed by atoms with van der Waals surface area (Å²) in [6.07, 6.45) is 25.6. The van der Waals surface area contributed by atoms with Gasteiger partial charge in [0, 0.05) is 12.8 Å². The molecule has 56 heavy (non-hydrogen) atoms. The maximum absolute atomic E-state index is 12.7. The minimum Gasteiger partial charge on any atom is -0.462 e. The number of hydrogen-bond donors (Lipinski definition) is 4. The zero-order valence-electron chi connectivity index (χ0n) is 35.0. The Kier molecular flexibility index (Phi) is 32.1. The minimum atomic E-state index is -4.59. The average Bonchev–Trinajstić information content (AvgIpc) is 3.16. The Balaban J connectivity index is 2.38. The van der Waals surface area contributed by atoms with E-state index in [1.165, 1.54) is 116 Å². The predicted molar refractivity (Wildman–Crippen MR) is 220 cm³/mol. The van der Waals surface area contributed by atoms with Gasteiger partial charge < -0.3 is 34.3 Å². The van der Waals surface area contributed by atoms with E-state index in [9.17, 15) is 37.9 Å². The van der Waals surface area contributed by atoms with Crippen molar-refractivity contribution in [2.45, 2.75) is 230 Å². The van der Waals surface area contributed by atoms with Crippen LogP contribution in [0.3, 0.4) is 0 Å². The molecule has 0 bridgehead atoms. The number of aliphatic hydroxyl groups excluding tert-OH is 3. The zero-order chi connectivity index (χ0) is 41.3. The molecule has 1 aliphatic rings. The fraction of sp³-hybridized carbons (Fsp3) is 0.907.